The van der Waals surface area contributed by atoms with Gasteiger partial charge in [-0.3, -0.25) is 9.59 Å². The molecule has 0 amide bonds. The van der Waals surface area contributed by atoms with E-state index in [0.717, 1.165) is 38.5 Å². The van der Waals surface area contributed by atoms with Crippen LogP contribution in [0.1, 0.15) is 197 Å². The molecule has 0 heterocycles. The van der Waals surface area contributed by atoms with Crippen LogP contribution >= 0.6 is 0 Å². The van der Waals surface area contributed by atoms with Crippen molar-refractivity contribution in [1.29, 1.82) is 0 Å². The zero-order valence-corrected chi connectivity index (χ0v) is 32.4. The van der Waals surface area contributed by atoms with E-state index in [0.29, 0.717) is 23.7 Å². The van der Waals surface area contributed by atoms with Crippen molar-refractivity contribution in [1.82, 2.24) is 0 Å². The summed E-state index contributed by atoms with van der Waals surface area (Å²) >= 11 is -0.0720. The summed E-state index contributed by atoms with van der Waals surface area (Å²) in [7, 11) is 0. The summed E-state index contributed by atoms with van der Waals surface area (Å²) in [4.78, 5) is 20.3. The van der Waals surface area contributed by atoms with E-state index in [2.05, 4.69) is 55.4 Å². The maximum absolute atomic E-state index is 10.2. The molecular formula is C36H74O4Zn. The molecule has 2 N–H and O–H groups in total. The second-order valence-corrected chi connectivity index (χ2v) is 19.1. The van der Waals surface area contributed by atoms with Gasteiger partial charge in [0.05, 0.1) is 0 Å². The number of rotatable bonds is 24. The van der Waals surface area contributed by atoms with Crippen molar-refractivity contribution in [3.8, 4) is 0 Å². The predicted octanol–water partition coefficient (Wildman–Crippen LogP) is 12.8. The molecule has 5 heteroatoms. The van der Waals surface area contributed by atoms with Gasteiger partial charge in [-0.05, 0) is 36.5 Å². The van der Waals surface area contributed by atoms with Crippen molar-refractivity contribution in [2.75, 3.05) is 0 Å². The molecule has 4 nitrogen and oxygen atoms in total. The minimum absolute atomic E-state index is 0.0720. The first-order valence-corrected chi connectivity index (χ1v) is 21.9. The van der Waals surface area contributed by atoms with Crippen molar-refractivity contribution in [3.63, 3.8) is 0 Å². The van der Waals surface area contributed by atoms with Gasteiger partial charge in [-0.25, -0.2) is 0 Å². The van der Waals surface area contributed by atoms with E-state index >= 15 is 0 Å². The fourth-order valence-electron chi connectivity index (χ4n) is 4.66. The molecule has 0 aliphatic heterocycles. The number of carbonyl (C=O) groups is 2. The fraction of sp³-hybridized carbons (Fsp3) is 0.944. The van der Waals surface area contributed by atoms with E-state index in [1.165, 1.54) is 77.0 Å². The standard InChI is InChI=1S/2C10H20O2.2C8H17.Zn/c2*1-10(2,3)8-6-4-5-7-9(11)12;2*1-3-5-7-8-6-4-2;/h2*4-8H2,1-3H3,(H,11,12);2*1,3-8H2,2H3;. The first-order chi connectivity index (χ1) is 19.2. The van der Waals surface area contributed by atoms with Gasteiger partial charge in [-0.15, -0.1) is 0 Å². The maximum atomic E-state index is 10.2. The van der Waals surface area contributed by atoms with Crippen LogP contribution in [0, 0.1) is 10.8 Å². The van der Waals surface area contributed by atoms with Gasteiger partial charge in [0, 0.05) is 12.8 Å². The second-order valence-electron chi connectivity index (χ2n) is 14.6. The molecule has 0 fully saturated rings. The third-order valence-electron chi connectivity index (χ3n) is 7.34. The molecule has 0 aliphatic carbocycles. The molecule has 41 heavy (non-hydrogen) atoms. The Balaban J connectivity index is -0.000000542. The summed E-state index contributed by atoms with van der Waals surface area (Å²) in [6.45, 7) is 17.9. The van der Waals surface area contributed by atoms with Gasteiger partial charge >= 0.3 is 130 Å². The topological polar surface area (TPSA) is 74.6 Å². The number of carboxylic acid groups (broad SMARTS) is 2. The van der Waals surface area contributed by atoms with Crippen molar-refractivity contribution in [3.05, 3.63) is 0 Å². The Labute approximate surface area is 265 Å². The summed E-state index contributed by atoms with van der Waals surface area (Å²) < 4.78 is 0. The van der Waals surface area contributed by atoms with Crippen molar-refractivity contribution >= 4 is 11.9 Å². The average Bonchev–Trinajstić information content (AvgIpc) is 2.85. The van der Waals surface area contributed by atoms with E-state index in [9.17, 15) is 9.59 Å². The normalized spacial score (nSPS) is 11.1. The molecule has 0 aromatic rings. The molecule has 244 valence electrons. The second kappa shape index (κ2) is 32.5. The van der Waals surface area contributed by atoms with E-state index in [4.69, 9.17) is 10.2 Å². The van der Waals surface area contributed by atoms with Crippen LogP contribution in [0.5, 0.6) is 0 Å². The first-order valence-electron chi connectivity index (χ1n) is 17.7. The Kier molecular flexibility index (Phi) is 35.6. The molecule has 0 aromatic carbocycles. The molecule has 0 aliphatic rings. The molecular weight excluding hydrogens is 562 g/mol. The molecule has 0 saturated heterocycles. The van der Waals surface area contributed by atoms with Crippen LogP contribution in [0.2, 0.25) is 10.0 Å². The van der Waals surface area contributed by atoms with Gasteiger partial charge in [-0.1, -0.05) is 67.2 Å². The van der Waals surface area contributed by atoms with E-state index in [1.54, 1.807) is 22.9 Å². The molecule has 0 atom stereocenters. The number of hydrogen-bond acceptors (Lipinski definition) is 2. The van der Waals surface area contributed by atoms with Crippen LogP contribution in [0.4, 0.5) is 0 Å². The Morgan fingerprint density at radius 2 is 0.756 bits per heavy atom. The Morgan fingerprint density at radius 3 is 1.05 bits per heavy atom. The van der Waals surface area contributed by atoms with Crippen LogP contribution in [0.25, 0.3) is 0 Å². The van der Waals surface area contributed by atoms with Gasteiger partial charge in [-0.2, -0.15) is 0 Å². The SMILES string of the molecule is CC(C)(C)CCCCCC(=O)O.CC(C)(C)CCCCCC(=O)O.CCCCCCC[CH2][Zn][CH2]CCCCCCC. The van der Waals surface area contributed by atoms with Crippen molar-refractivity contribution in [2.24, 2.45) is 10.8 Å². The molecule has 0 bridgehead atoms. The number of unbranched alkanes of at least 4 members (excludes halogenated alkanes) is 14. The summed E-state index contributed by atoms with van der Waals surface area (Å²) in [6.07, 6.45) is 26.9. The van der Waals surface area contributed by atoms with Gasteiger partial charge in [0.25, 0.3) is 0 Å². The summed E-state index contributed by atoms with van der Waals surface area (Å²) in [5.41, 5.74) is 0.784. The monoisotopic (exact) mass is 634 g/mol. The molecule has 0 spiro atoms. The third-order valence-corrected chi connectivity index (χ3v) is 11.5. The molecule has 0 aromatic heterocycles. The number of hydrogen-bond donors (Lipinski definition) is 2. The number of carboxylic acids is 2. The Morgan fingerprint density at radius 1 is 0.463 bits per heavy atom. The van der Waals surface area contributed by atoms with Crippen LogP contribution in [0.3, 0.4) is 0 Å². The zero-order chi connectivity index (χ0) is 31.8. The quantitative estimate of drug-likeness (QED) is 0.0817. The summed E-state index contributed by atoms with van der Waals surface area (Å²) in [5.74, 6) is -1.35. The minimum atomic E-state index is -0.675. The van der Waals surface area contributed by atoms with Crippen molar-refractivity contribution in [2.45, 2.75) is 207 Å². The predicted molar refractivity (Wildman–Crippen MR) is 177 cm³/mol. The van der Waals surface area contributed by atoms with E-state index < -0.39 is 11.9 Å². The van der Waals surface area contributed by atoms with E-state index in [1.807, 2.05) is 0 Å². The number of aliphatic carboxylic acids is 2. The van der Waals surface area contributed by atoms with Gasteiger partial charge in [0.2, 0.25) is 0 Å². The van der Waals surface area contributed by atoms with Crippen LogP contribution in [-0.2, 0) is 26.7 Å². The average molecular weight is 636 g/mol. The molecule has 0 radical (unpaired) electrons. The van der Waals surface area contributed by atoms with Gasteiger partial charge in [0.1, 0.15) is 0 Å². The first kappa shape index (κ1) is 45.0. The molecule has 0 unspecified atom stereocenters. The zero-order valence-electron chi connectivity index (χ0n) is 29.4. The Hall–Kier alpha value is -0.437. The summed E-state index contributed by atoms with van der Waals surface area (Å²) in [6, 6.07) is 0. The van der Waals surface area contributed by atoms with Gasteiger partial charge in [0.15, 0.2) is 0 Å². The van der Waals surface area contributed by atoms with Crippen molar-refractivity contribution < 1.29 is 36.9 Å². The van der Waals surface area contributed by atoms with Crippen LogP contribution < -0.4 is 0 Å². The fourth-order valence-corrected chi connectivity index (χ4v) is 8.37. The van der Waals surface area contributed by atoms with Crippen LogP contribution in [-0.4, -0.2) is 22.2 Å². The third kappa shape index (κ3) is 56.0. The Bertz CT molecular complexity index is 501. The molecule has 0 rings (SSSR count). The van der Waals surface area contributed by atoms with E-state index in [-0.39, 0.29) is 17.1 Å². The summed E-state index contributed by atoms with van der Waals surface area (Å²) in [5, 5.41) is 20.1. The van der Waals surface area contributed by atoms with Crippen LogP contribution in [0.15, 0.2) is 0 Å². The molecule has 0 saturated carbocycles. The van der Waals surface area contributed by atoms with Gasteiger partial charge < -0.3 is 10.2 Å².